The van der Waals surface area contributed by atoms with E-state index in [4.69, 9.17) is 10.7 Å². The van der Waals surface area contributed by atoms with Crippen LogP contribution >= 0.6 is 22.0 Å². The van der Waals surface area contributed by atoms with Crippen molar-refractivity contribution in [2.45, 2.75) is 17.1 Å². The highest BCUT2D eigenvalue weighted by atomic mass is 35.7. The molecule has 0 fully saturated rings. The Morgan fingerprint density at radius 3 is 2.65 bits per heavy atom. The van der Waals surface area contributed by atoms with Gasteiger partial charge in [-0.25, -0.2) is 8.42 Å². The van der Waals surface area contributed by atoms with Crippen LogP contribution in [0.25, 0.3) is 0 Å². The van der Waals surface area contributed by atoms with Gasteiger partial charge in [0.25, 0.3) is 9.05 Å². The number of aromatic nitrogens is 1. The monoisotopic (exact) mass is 287 g/mol. The third kappa shape index (κ3) is 3.52. The van der Waals surface area contributed by atoms with E-state index in [1.807, 2.05) is 18.3 Å². The van der Waals surface area contributed by atoms with E-state index in [1.54, 1.807) is 18.3 Å². The van der Waals surface area contributed by atoms with E-state index in [-0.39, 0.29) is 4.21 Å². The highest BCUT2D eigenvalue weighted by Crippen LogP contribution is 2.25. The van der Waals surface area contributed by atoms with Crippen molar-refractivity contribution in [3.8, 4) is 0 Å². The summed E-state index contributed by atoms with van der Waals surface area (Å²) < 4.78 is 22.4. The molecule has 0 aliphatic rings. The van der Waals surface area contributed by atoms with Gasteiger partial charge in [-0.15, -0.1) is 11.3 Å². The molecule has 90 valence electrons. The summed E-state index contributed by atoms with van der Waals surface area (Å²) in [5.74, 6) is 0. The first-order valence-corrected chi connectivity index (χ1v) is 8.10. The Bertz CT molecular complexity index is 593. The number of hydrogen-bond acceptors (Lipinski definition) is 4. The molecule has 0 atom stereocenters. The summed E-state index contributed by atoms with van der Waals surface area (Å²) >= 11 is 1.22. The molecule has 2 aromatic rings. The van der Waals surface area contributed by atoms with Gasteiger partial charge in [0.1, 0.15) is 4.21 Å². The van der Waals surface area contributed by atoms with Crippen molar-refractivity contribution in [1.82, 2.24) is 4.98 Å². The maximum Gasteiger partial charge on any atom is 0.270 e. The summed E-state index contributed by atoms with van der Waals surface area (Å²) in [6, 6.07) is 7.24. The lowest BCUT2D eigenvalue weighted by Gasteiger charge is -1.97. The normalized spacial score (nSPS) is 11.6. The van der Waals surface area contributed by atoms with Crippen molar-refractivity contribution in [3.63, 3.8) is 0 Å². The highest BCUT2D eigenvalue weighted by molar-refractivity contribution is 8.15. The second-order valence-electron chi connectivity index (χ2n) is 3.52. The van der Waals surface area contributed by atoms with Crippen molar-refractivity contribution in [2.75, 3.05) is 0 Å². The van der Waals surface area contributed by atoms with Crippen LogP contribution in [-0.2, 0) is 21.9 Å². The van der Waals surface area contributed by atoms with Crippen molar-refractivity contribution in [3.05, 3.63) is 47.1 Å². The first-order valence-electron chi connectivity index (χ1n) is 4.98. The van der Waals surface area contributed by atoms with Gasteiger partial charge in [-0.2, -0.15) is 0 Å². The summed E-state index contributed by atoms with van der Waals surface area (Å²) in [7, 11) is 1.68. The van der Waals surface area contributed by atoms with E-state index in [9.17, 15) is 8.42 Å². The number of aryl methyl sites for hydroxylation is 2. The van der Waals surface area contributed by atoms with Gasteiger partial charge in [0, 0.05) is 28.0 Å². The van der Waals surface area contributed by atoms with Crippen LogP contribution < -0.4 is 0 Å². The molecule has 0 saturated carbocycles. The second-order valence-corrected chi connectivity index (χ2v) is 7.48. The summed E-state index contributed by atoms with van der Waals surface area (Å²) in [6.45, 7) is 0. The largest absolute Gasteiger partial charge is 0.270 e. The number of pyridine rings is 1. The van der Waals surface area contributed by atoms with Gasteiger partial charge in [0.2, 0.25) is 0 Å². The first kappa shape index (κ1) is 12.5. The predicted molar refractivity (Wildman–Crippen MR) is 69.0 cm³/mol. The molecule has 0 unspecified atom stereocenters. The Balaban J connectivity index is 2.04. The van der Waals surface area contributed by atoms with Crippen LogP contribution in [0.4, 0.5) is 0 Å². The van der Waals surface area contributed by atoms with Crippen LogP contribution in [0.3, 0.4) is 0 Å². The third-order valence-corrected chi connectivity index (χ3v) is 5.50. The second kappa shape index (κ2) is 5.16. The van der Waals surface area contributed by atoms with Crippen molar-refractivity contribution < 1.29 is 8.42 Å². The molecule has 0 spiro atoms. The maximum absolute atomic E-state index is 11.1. The fourth-order valence-corrected chi connectivity index (χ4v) is 3.56. The highest BCUT2D eigenvalue weighted by Gasteiger charge is 2.12. The molecule has 0 aromatic carbocycles. The molecule has 0 amide bonds. The van der Waals surface area contributed by atoms with Crippen LogP contribution in [0.1, 0.15) is 10.4 Å². The summed E-state index contributed by atoms with van der Waals surface area (Å²) in [4.78, 5) is 5.04. The number of rotatable bonds is 4. The van der Waals surface area contributed by atoms with Gasteiger partial charge in [-0.05, 0) is 36.6 Å². The lowest BCUT2D eigenvalue weighted by molar-refractivity contribution is 0.611. The minimum Gasteiger partial charge on any atom is -0.264 e. The number of hydrogen-bond donors (Lipinski definition) is 0. The van der Waals surface area contributed by atoms with Crippen LogP contribution in [0.5, 0.6) is 0 Å². The molecule has 17 heavy (non-hydrogen) atoms. The molecule has 2 heterocycles. The van der Waals surface area contributed by atoms with Crippen LogP contribution in [0, 0.1) is 0 Å². The molecule has 0 radical (unpaired) electrons. The lowest BCUT2D eigenvalue weighted by Crippen LogP contribution is -1.89. The van der Waals surface area contributed by atoms with E-state index < -0.39 is 9.05 Å². The first-order chi connectivity index (χ1) is 8.05. The fourth-order valence-electron chi connectivity index (χ4n) is 1.44. The number of halogens is 1. The molecular weight excluding hydrogens is 278 g/mol. The van der Waals surface area contributed by atoms with E-state index >= 15 is 0 Å². The molecule has 2 aromatic heterocycles. The standard InChI is InChI=1S/C11H10ClNO2S2/c12-17(14,15)11-6-5-10(16-11)4-3-9-2-1-7-13-8-9/h1-2,5-8H,3-4H2. The number of nitrogens with zero attached hydrogens (tertiary/aromatic N) is 1. The zero-order valence-electron chi connectivity index (χ0n) is 8.84. The molecule has 0 aliphatic heterocycles. The van der Waals surface area contributed by atoms with Crippen LogP contribution in [0.15, 0.2) is 40.9 Å². The zero-order valence-corrected chi connectivity index (χ0v) is 11.2. The lowest BCUT2D eigenvalue weighted by atomic mass is 10.1. The number of thiophene rings is 1. The van der Waals surface area contributed by atoms with Gasteiger partial charge in [-0.1, -0.05) is 6.07 Å². The minimum atomic E-state index is -3.59. The van der Waals surface area contributed by atoms with Gasteiger partial charge in [0.15, 0.2) is 0 Å². The molecule has 3 nitrogen and oxygen atoms in total. The molecule has 6 heteroatoms. The SMILES string of the molecule is O=S(=O)(Cl)c1ccc(CCc2cccnc2)s1. The Morgan fingerprint density at radius 2 is 2.06 bits per heavy atom. The molecule has 0 saturated heterocycles. The van der Waals surface area contributed by atoms with Gasteiger partial charge in [0.05, 0.1) is 0 Å². The van der Waals surface area contributed by atoms with Crippen LogP contribution in [-0.4, -0.2) is 13.4 Å². The van der Waals surface area contributed by atoms with Crippen molar-refractivity contribution in [1.29, 1.82) is 0 Å². The van der Waals surface area contributed by atoms with Gasteiger partial charge >= 0.3 is 0 Å². The molecule has 0 aliphatic carbocycles. The van der Waals surface area contributed by atoms with Gasteiger partial charge in [-0.3, -0.25) is 4.98 Å². The molecular formula is C11H10ClNO2S2. The smallest absolute Gasteiger partial charge is 0.264 e. The Kier molecular flexibility index (Phi) is 3.81. The van der Waals surface area contributed by atoms with Crippen molar-refractivity contribution in [2.24, 2.45) is 0 Å². The minimum absolute atomic E-state index is 0.209. The Hall–Kier alpha value is -0.910. The quantitative estimate of drug-likeness (QED) is 0.813. The molecule has 0 N–H and O–H groups in total. The summed E-state index contributed by atoms with van der Waals surface area (Å²) in [6.07, 6.45) is 5.18. The molecule has 0 bridgehead atoms. The zero-order chi connectivity index (χ0) is 12.3. The summed E-state index contributed by atoms with van der Waals surface area (Å²) in [5.41, 5.74) is 1.14. The van der Waals surface area contributed by atoms with E-state index in [2.05, 4.69) is 4.98 Å². The fraction of sp³-hybridized carbons (Fsp3) is 0.182. The predicted octanol–water partition coefficient (Wildman–Crippen LogP) is 2.86. The maximum atomic E-state index is 11.1. The Morgan fingerprint density at radius 1 is 1.24 bits per heavy atom. The van der Waals surface area contributed by atoms with Gasteiger partial charge < -0.3 is 0 Å². The molecule has 2 rings (SSSR count). The van der Waals surface area contributed by atoms with E-state index in [0.29, 0.717) is 0 Å². The van der Waals surface area contributed by atoms with E-state index in [0.717, 1.165) is 23.3 Å². The topological polar surface area (TPSA) is 47.0 Å². The average Bonchev–Trinajstić information content (AvgIpc) is 2.76. The third-order valence-electron chi connectivity index (χ3n) is 2.26. The summed E-state index contributed by atoms with van der Waals surface area (Å²) in [5, 5.41) is 0. The van der Waals surface area contributed by atoms with Crippen molar-refractivity contribution >= 4 is 31.1 Å². The van der Waals surface area contributed by atoms with Crippen LogP contribution in [0.2, 0.25) is 0 Å². The van der Waals surface area contributed by atoms with E-state index in [1.165, 1.54) is 11.3 Å². The average molecular weight is 288 g/mol. The Labute approximate surface area is 109 Å².